The van der Waals surface area contributed by atoms with Gasteiger partial charge in [0.15, 0.2) is 0 Å². The fraction of sp³-hybridized carbons (Fsp3) is 0. The summed E-state index contributed by atoms with van der Waals surface area (Å²) in [5.74, 6) is 1.64. The van der Waals surface area contributed by atoms with E-state index in [0.717, 1.165) is 102 Å². The molecule has 0 radical (unpaired) electrons. The fourth-order valence-electron chi connectivity index (χ4n) is 13.5. The molecule has 0 fully saturated rings. The lowest BCUT2D eigenvalue weighted by Crippen LogP contribution is -2.63. The van der Waals surface area contributed by atoms with Gasteiger partial charge in [0, 0.05) is 74.7 Å². The number of ether oxygens (including phenoxy) is 1. The summed E-state index contributed by atoms with van der Waals surface area (Å²) >= 11 is 0. The molecule has 0 aliphatic carbocycles. The van der Waals surface area contributed by atoms with E-state index in [1.165, 1.54) is 33.0 Å². The standard InChI is InChI=1S/C78H54B2N4O/c1-9-28-55(29-10-1)65-44-27-45-66(56-30-11-2-12-31-56)77(65)79-68-49-48-63(81(57-32-13-3-14-33-57)58-34-15-4-16-35-58)50-72(68)84(62-42-23-8-24-43-62)73-54-75-70(53-69(73)79)80-67-46-25-26-47-71(67)83(61-40-21-7-22-41-61)74-51-64(52-76(85-75)78(74)80)82(59-36-17-5-18-37-59)60-38-19-6-20-39-60/h1-54H. The smallest absolute Gasteiger partial charge is 0.256 e. The zero-order valence-corrected chi connectivity index (χ0v) is 46.5. The molecule has 0 amide bonds. The predicted octanol–water partition coefficient (Wildman–Crippen LogP) is 16.7. The van der Waals surface area contributed by atoms with E-state index in [4.69, 9.17) is 4.74 Å². The van der Waals surface area contributed by atoms with Gasteiger partial charge in [0.1, 0.15) is 11.5 Å². The van der Waals surface area contributed by atoms with Crippen molar-refractivity contribution in [3.63, 3.8) is 0 Å². The molecular weight excluding hydrogens is 1030 g/mol. The molecule has 3 aliphatic rings. The number of hydrogen-bond acceptors (Lipinski definition) is 5. The molecule has 0 aromatic heterocycles. The van der Waals surface area contributed by atoms with E-state index in [1.54, 1.807) is 0 Å². The molecule has 5 nitrogen and oxygen atoms in total. The van der Waals surface area contributed by atoms with Crippen LogP contribution in [0.15, 0.2) is 328 Å². The summed E-state index contributed by atoms with van der Waals surface area (Å²) < 4.78 is 7.74. The van der Waals surface area contributed by atoms with Gasteiger partial charge in [-0.1, -0.05) is 224 Å². The molecule has 0 N–H and O–H groups in total. The second-order valence-corrected chi connectivity index (χ2v) is 21.9. The molecule has 0 spiro atoms. The number of para-hydroxylation sites is 7. The minimum atomic E-state index is -0.258. The lowest BCUT2D eigenvalue weighted by Gasteiger charge is -2.43. The molecule has 0 atom stereocenters. The molecule has 0 saturated heterocycles. The Balaban J connectivity index is 1.00. The molecule has 16 rings (SSSR count). The normalized spacial score (nSPS) is 12.5. The molecule has 13 aromatic rings. The Hall–Kier alpha value is -11.0. The van der Waals surface area contributed by atoms with Crippen LogP contribution in [0.3, 0.4) is 0 Å². The van der Waals surface area contributed by atoms with Gasteiger partial charge in [-0.05, 0) is 147 Å². The van der Waals surface area contributed by atoms with E-state index in [2.05, 4.69) is 347 Å². The average Bonchev–Trinajstić information content (AvgIpc) is 1.06. The Bertz CT molecular complexity index is 4440. The Labute approximate surface area is 497 Å². The Morgan fingerprint density at radius 1 is 0.247 bits per heavy atom. The van der Waals surface area contributed by atoms with Gasteiger partial charge < -0.3 is 24.3 Å². The Morgan fingerprint density at radius 2 is 0.659 bits per heavy atom. The first kappa shape index (κ1) is 49.8. The van der Waals surface area contributed by atoms with Crippen LogP contribution < -0.4 is 57.1 Å². The highest BCUT2D eigenvalue weighted by atomic mass is 16.5. The molecule has 0 bridgehead atoms. The highest BCUT2D eigenvalue weighted by Gasteiger charge is 2.46. The summed E-state index contributed by atoms with van der Waals surface area (Å²) in [4.78, 5) is 9.65. The summed E-state index contributed by atoms with van der Waals surface area (Å²) in [6, 6.07) is 119. The third kappa shape index (κ3) is 8.59. The van der Waals surface area contributed by atoms with Crippen LogP contribution in [0.2, 0.25) is 0 Å². The molecule has 7 heteroatoms. The van der Waals surface area contributed by atoms with Crippen molar-refractivity contribution in [2.75, 3.05) is 19.6 Å². The summed E-state index contributed by atoms with van der Waals surface area (Å²) in [6.45, 7) is -0.449. The van der Waals surface area contributed by atoms with E-state index in [-0.39, 0.29) is 13.4 Å². The first-order valence-electron chi connectivity index (χ1n) is 29.2. The molecule has 0 saturated carbocycles. The van der Waals surface area contributed by atoms with Crippen LogP contribution in [0, 0.1) is 0 Å². The van der Waals surface area contributed by atoms with E-state index in [9.17, 15) is 0 Å². The third-order valence-corrected chi connectivity index (χ3v) is 17.1. The highest BCUT2D eigenvalue weighted by molar-refractivity contribution is 7.02. The van der Waals surface area contributed by atoms with Crippen LogP contribution >= 0.6 is 0 Å². The van der Waals surface area contributed by atoms with Gasteiger partial charge in [-0.15, -0.1) is 0 Å². The molecule has 398 valence electrons. The summed E-state index contributed by atoms with van der Waals surface area (Å²) in [5, 5.41) is 0. The van der Waals surface area contributed by atoms with Crippen LogP contribution in [0.1, 0.15) is 0 Å². The molecule has 13 aromatic carbocycles. The summed E-state index contributed by atoms with van der Waals surface area (Å²) in [5.41, 5.74) is 24.6. The third-order valence-electron chi connectivity index (χ3n) is 17.1. The molecular formula is C78H54B2N4O. The van der Waals surface area contributed by atoms with Gasteiger partial charge in [0.05, 0.1) is 5.69 Å². The van der Waals surface area contributed by atoms with E-state index in [1.807, 2.05) is 0 Å². The van der Waals surface area contributed by atoms with Crippen LogP contribution in [0.25, 0.3) is 22.3 Å². The highest BCUT2D eigenvalue weighted by Crippen LogP contribution is 2.48. The van der Waals surface area contributed by atoms with Gasteiger partial charge in [0.2, 0.25) is 6.71 Å². The van der Waals surface area contributed by atoms with Crippen LogP contribution in [0.5, 0.6) is 11.5 Å². The molecule has 0 unspecified atom stereocenters. The van der Waals surface area contributed by atoms with Crippen LogP contribution in [-0.4, -0.2) is 13.4 Å². The lowest BCUT2D eigenvalue weighted by molar-refractivity contribution is 0.488. The zero-order chi connectivity index (χ0) is 56.2. The number of fused-ring (bicyclic) bond motifs is 6. The number of anilines is 12. The minimum absolute atomic E-state index is 0.191. The van der Waals surface area contributed by atoms with Gasteiger partial charge >= 0.3 is 0 Å². The van der Waals surface area contributed by atoms with Crippen molar-refractivity contribution in [2.24, 2.45) is 0 Å². The Kier molecular flexibility index (Phi) is 12.3. The average molecular weight is 1080 g/mol. The number of benzene rings is 13. The molecule has 3 heterocycles. The maximum Gasteiger partial charge on any atom is 0.256 e. The monoisotopic (exact) mass is 1080 g/mol. The maximum atomic E-state index is 7.74. The molecule has 85 heavy (non-hydrogen) atoms. The largest absolute Gasteiger partial charge is 0.458 e. The van der Waals surface area contributed by atoms with E-state index >= 15 is 0 Å². The maximum absolute atomic E-state index is 7.74. The van der Waals surface area contributed by atoms with Gasteiger partial charge in [0.25, 0.3) is 6.71 Å². The number of hydrogen-bond donors (Lipinski definition) is 0. The zero-order valence-electron chi connectivity index (χ0n) is 46.5. The van der Waals surface area contributed by atoms with Gasteiger partial charge in [-0.2, -0.15) is 0 Å². The van der Waals surface area contributed by atoms with Crippen molar-refractivity contribution in [3.8, 4) is 33.8 Å². The van der Waals surface area contributed by atoms with E-state index in [0.29, 0.717) is 0 Å². The Morgan fingerprint density at radius 3 is 1.19 bits per heavy atom. The van der Waals surface area contributed by atoms with Crippen molar-refractivity contribution in [2.45, 2.75) is 0 Å². The van der Waals surface area contributed by atoms with Crippen LogP contribution in [-0.2, 0) is 0 Å². The second-order valence-electron chi connectivity index (χ2n) is 21.9. The fourth-order valence-corrected chi connectivity index (χ4v) is 13.5. The molecule has 3 aliphatic heterocycles. The van der Waals surface area contributed by atoms with Crippen LogP contribution in [0.4, 0.5) is 68.2 Å². The van der Waals surface area contributed by atoms with Gasteiger partial charge in [-0.3, -0.25) is 0 Å². The van der Waals surface area contributed by atoms with Crippen molar-refractivity contribution in [1.29, 1.82) is 0 Å². The summed E-state index contributed by atoms with van der Waals surface area (Å²) in [7, 11) is 0. The lowest BCUT2D eigenvalue weighted by atomic mass is 9.30. The van der Waals surface area contributed by atoms with Crippen molar-refractivity contribution < 1.29 is 4.74 Å². The minimum Gasteiger partial charge on any atom is -0.458 e. The van der Waals surface area contributed by atoms with E-state index < -0.39 is 0 Å². The second kappa shape index (κ2) is 21.1. The van der Waals surface area contributed by atoms with Crippen molar-refractivity contribution >= 4 is 114 Å². The van der Waals surface area contributed by atoms with Crippen molar-refractivity contribution in [1.82, 2.24) is 0 Å². The predicted molar refractivity (Wildman–Crippen MR) is 358 cm³/mol. The number of rotatable bonds is 11. The first-order valence-corrected chi connectivity index (χ1v) is 29.2. The van der Waals surface area contributed by atoms with Crippen molar-refractivity contribution in [3.05, 3.63) is 328 Å². The first-order chi connectivity index (χ1) is 42.2. The topological polar surface area (TPSA) is 22.2 Å². The number of nitrogens with zero attached hydrogens (tertiary/aromatic N) is 4. The quantitative estimate of drug-likeness (QED) is 0.120. The van der Waals surface area contributed by atoms with Gasteiger partial charge in [-0.25, -0.2) is 0 Å². The SMILES string of the molecule is c1ccc(-c2cccc(-c3ccccc3)c2B2c3ccc(N(c4ccccc4)c4ccccc4)cc3N(c3ccccc3)c3cc4c(cc32)B2c3ccccc3N(c3ccccc3)c3cc(N(c5ccccc5)c5ccccc5)cc(c32)O4)cc1. The summed E-state index contributed by atoms with van der Waals surface area (Å²) in [6.07, 6.45) is 0.